The molecule has 0 heterocycles. The van der Waals surface area contributed by atoms with Crippen LogP contribution in [0.2, 0.25) is 0 Å². The molecule has 2 aromatic rings. The van der Waals surface area contributed by atoms with Gasteiger partial charge >= 0.3 is 0 Å². The third-order valence-corrected chi connectivity index (χ3v) is 6.59. The van der Waals surface area contributed by atoms with Crippen molar-refractivity contribution in [2.75, 3.05) is 0 Å². The van der Waals surface area contributed by atoms with E-state index in [0.29, 0.717) is 23.5 Å². The highest BCUT2D eigenvalue weighted by Crippen LogP contribution is 2.55. The van der Waals surface area contributed by atoms with Crippen LogP contribution in [0.4, 0.5) is 17.6 Å². The van der Waals surface area contributed by atoms with Crippen molar-refractivity contribution in [2.45, 2.75) is 57.3 Å². The zero-order chi connectivity index (χ0) is 19.1. The lowest BCUT2D eigenvalue weighted by Crippen LogP contribution is -2.35. The summed E-state index contributed by atoms with van der Waals surface area (Å²) in [5.41, 5.74) is 2.08. The first kappa shape index (κ1) is 18.5. The lowest BCUT2D eigenvalue weighted by atomic mass is 9.57. The summed E-state index contributed by atoms with van der Waals surface area (Å²) in [4.78, 5) is 0. The topological polar surface area (TPSA) is 0 Å². The van der Waals surface area contributed by atoms with E-state index in [0.717, 1.165) is 49.8 Å². The van der Waals surface area contributed by atoms with Crippen LogP contribution in [0.5, 0.6) is 0 Å². The molecule has 2 aliphatic carbocycles. The Kier molecular flexibility index (Phi) is 5.00. The van der Waals surface area contributed by atoms with Crippen molar-refractivity contribution < 1.29 is 17.6 Å². The maximum atomic E-state index is 14.3. The first-order valence-corrected chi connectivity index (χ1v) is 9.91. The third-order valence-electron chi connectivity index (χ3n) is 6.59. The van der Waals surface area contributed by atoms with Crippen molar-refractivity contribution in [1.82, 2.24) is 0 Å². The molecule has 4 atom stereocenters. The monoisotopic (exact) mass is 376 g/mol. The highest BCUT2D eigenvalue weighted by atomic mass is 19.1. The minimum Gasteiger partial charge on any atom is -0.207 e. The van der Waals surface area contributed by atoms with Crippen molar-refractivity contribution in [3.05, 3.63) is 70.3 Å². The van der Waals surface area contributed by atoms with Crippen LogP contribution in [0.1, 0.15) is 67.6 Å². The summed E-state index contributed by atoms with van der Waals surface area (Å²) < 4.78 is 56.0. The first-order chi connectivity index (χ1) is 13.0. The van der Waals surface area contributed by atoms with E-state index in [9.17, 15) is 17.6 Å². The summed E-state index contributed by atoms with van der Waals surface area (Å²) in [7, 11) is 0. The van der Waals surface area contributed by atoms with Crippen LogP contribution >= 0.6 is 0 Å². The van der Waals surface area contributed by atoms with Crippen molar-refractivity contribution in [2.24, 2.45) is 11.8 Å². The summed E-state index contributed by atoms with van der Waals surface area (Å²) >= 11 is 0. The van der Waals surface area contributed by atoms with Crippen molar-refractivity contribution >= 4 is 0 Å². The number of fused-ring (bicyclic) bond motifs is 3. The highest BCUT2D eigenvalue weighted by molar-refractivity contribution is 5.38. The molecule has 0 aromatic heterocycles. The van der Waals surface area contributed by atoms with Crippen molar-refractivity contribution in [3.63, 3.8) is 0 Å². The van der Waals surface area contributed by atoms with Gasteiger partial charge in [0.1, 0.15) is 23.3 Å². The van der Waals surface area contributed by atoms with E-state index < -0.39 is 23.3 Å². The maximum absolute atomic E-state index is 14.3. The number of hydrogen-bond donors (Lipinski definition) is 0. The number of hydrogen-bond acceptors (Lipinski definition) is 0. The van der Waals surface area contributed by atoms with E-state index in [4.69, 9.17) is 0 Å². The molecule has 1 fully saturated rings. The lowest BCUT2D eigenvalue weighted by molar-refractivity contribution is 0.159. The molecule has 0 radical (unpaired) electrons. The SMILES string of the molecule is CCC[C@@H]1CC[C@H]2c3cc(F)cc(F)c3CC[C@@H]2[C@H]1c1cc(F)cc(F)c1. The zero-order valence-corrected chi connectivity index (χ0v) is 15.5. The third kappa shape index (κ3) is 3.39. The fourth-order valence-electron chi connectivity index (χ4n) is 5.66. The van der Waals surface area contributed by atoms with Crippen LogP contribution < -0.4 is 0 Å². The molecule has 0 spiro atoms. The predicted octanol–water partition coefficient (Wildman–Crippen LogP) is 6.88. The minimum atomic E-state index is -0.560. The Morgan fingerprint density at radius 3 is 2.26 bits per heavy atom. The molecule has 0 N–H and O–H groups in total. The maximum Gasteiger partial charge on any atom is 0.129 e. The summed E-state index contributed by atoms with van der Waals surface area (Å²) in [6.45, 7) is 2.12. The summed E-state index contributed by atoms with van der Waals surface area (Å²) in [5, 5.41) is 0. The van der Waals surface area contributed by atoms with Crippen LogP contribution in [0, 0.1) is 35.1 Å². The van der Waals surface area contributed by atoms with Crippen LogP contribution in [-0.2, 0) is 6.42 Å². The average Bonchev–Trinajstić information content (AvgIpc) is 2.60. The van der Waals surface area contributed by atoms with Crippen LogP contribution in [0.3, 0.4) is 0 Å². The van der Waals surface area contributed by atoms with Gasteiger partial charge in [0.05, 0.1) is 0 Å². The van der Waals surface area contributed by atoms with Gasteiger partial charge in [0, 0.05) is 12.1 Å². The molecule has 1 saturated carbocycles. The normalized spacial score (nSPS) is 27.1. The van der Waals surface area contributed by atoms with Gasteiger partial charge in [-0.05, 0) is 84.2 Å². The Bertz CT molecular complexity index is 824. The Morgan fingerprint density at radius 1 is 0.852 bits per heavy atom. The molecule has 144 valence electrons. The van der Waals surface area contributed by atoms with E-state index in [1.807, 2.05) is 0 Å². The van der Waals surface area contributed by atoms with Gasteiger partial charge in [0.15, 0.2) is 0 Å². The van der Waals surface area contributed by atoms with E-state index in [2.05, 4.69) is 6.92 Å². The van der Waals surface area contributed by atoms with E-state index in [1.165, 1.54) is 18.2 Å². The highest BCUT2D eigenvalue weighted by Gasteiger charge is 2.43. The summed E-state index contributed by atoms with van der Waals surface area (Å²) in [5.74, 6) is -1.56. The fraction of sp³-hybridized carbons (Fsp3) is 0.478. The Labute approximate surface area is 157 Å². The Balaban J connectivity index is 1.78. The predicted molar refractivity (Wildman–Crippen MR) is 97.6 cm³/mol. The van der Waals surface area contributed by atoms with Crippen LogP contribution in [-0.4, -0.2) is 0 Å². The lowest BCUT2D eigenvalue weighted by Gasteiger charge is -2.47. The largest absolute Gasteiger partial charge is 0.207 e. The van der Waals surface area contributed by atoms with Crippen LogP contribution in [0.15, 0.2) is 30.3 Å². The molecule has 2 aromatic carbocycles. The minimum absolute atomic E-state index is 0.0216. The molecule has 0 aliphatic heterocycles. The van der Waals surface area contributed by atoms with Gasteiger partial charge in [-0.2, -0.15) is 0 Å². The molecule has 0 bridgehead atoms. The van der Waals surface area contributed by atoms with Gasteiger partial charge < -0.3 is 0 Å². The number of benzene rings is 2. The van der Waals surface area contributed by atoms with E-state index in [-0.39, 0.29) is 17.8 Å². The number of halogens is 4. The fourth-order valence-corrected chi connectivity index (χ4v) is 5.66. The van der Waals surface area contributed by atoms with Gasteiger partial charge in [-0.25, -0.2) is 17.6 Å². The number of rotatable bonds is 3. The van der Waals surface area contributed by atoms with Crippen molar-refractivity contribution in [3.8, 4) is 0 Å². The second kappa shape index (κ2) is 7.29. The molecule has 4 heteroatoms. The molecule has 0 amide bonds. The van der Waals surface area contributed by atoms with Gasteiger partial charge in [-0.1, -0.05) is 19.8 Å². The standard InChI is InChI=1S/C23H24F4/c1-2-3-13-4-5-18-20(23(13)14-8-15(24)10-16(25)9-14)7-6-19-21(18)11-17(26)12-22(19)27/h8-13,18,20,23H,2-7H2,1H3/t13-,18-,20+,23-/m1/s1. The van der Waals surface area contributed by atoms with Crippen LogP contribution in [0.25, 0.3) is 0 Å². The van der Waals surface area contributed by atoms with E-state index >= 15 is 0 Å². The first-order valence-electron chi connectivity index (χ1n) is 9.91. The molecular formula is C23H24F4. The quantitative estimate of drug-likeness (QED) is 0.512. The van der Waals surface area contributed by atoms with Crippen molar-refractivity contribution in [1.29, 1.82) is 0 Å². The molecule has 0 unspecified atom stereocenters. The van der Waals surface area contributed by atoms with E-state index in [1.54, 1.807) is 0 Å². The Morgan fingerprint density at radius 2 is 1.56 bits per heavy atom. The summed E-state index contributed by atoms with van der Waals surface area (Å²) in [6, 6.07) is 6.22. The molecular weight excluding hydrogens is 352 g/mol. The summed E-state index contributed by atoms with van der Waals surface area (Å²) in [6.07, 6.45) is 5.11. The molecule has 4 rings (SSSR count). The van der Waals surface area contributed by atoms with Gasteiger partial charge in [0.25, 0.3) is 0 Å². The average molecular weight is 376 g/mol. The van der Waals surface area contributed by atoms with Gasteiger partial charge in [-0.3, -0.25) is 0 Å². The Hall–Kier alpha value is -1.84. The zero-order valence-electron chi connectivity index (χ0n) is 15.5. The molecule has 27 heavy (non-hydrogen) atoms. The van der Waals surface area contributed by atoms with Gasteiger partial charge in [0.2, 0.25) is 0 Å². The smallest absolute Gasteiger partial charge is 0.129 e. The second-order valence-corrected chi connectivity index (χ2v) is 8.12. The molecule has 2 aliphatic rings. The molecule has 0 nitrogen and oxygen atoms in total. The van der Waals surface area contributed by atoms with Gasteiger partial charge in [-0.15, -0.1) is 0 Å². The molecule has 0 saturated heterocycles. The second-order valence-electron chi connectivity index (χ2n) is 8.12.